The summed E-state index contributed by atoms with van der Waals surface area (Å²) in [5.41, 5.74) is 0.701. The van der Waals surface area contributed by atoms with Crippen molar-refractivity contribution < 1.29 is 33.4 Å². The molecule has 2 heterocycles. The predicted octanol–water partition coefficient (Wildman–Crippen LogP) is 1.76. The Labute approximate surface area is 187 Å². The number of nitriles is 1. The van der Waals surface area contributed by atoms with E-state index < -0.39 is 17.7 Å². The second-order valence-electron chi connectivity index (χ2n) is 6.35. The largest absolute Gasteiger partial charge is 0.539 e. The number of ketones is 1. The number of benzene rings is 1. The van der Waals surface area contributed by atoms with Gasteiger partial charge in [0.2, 0.25) is 11.5 Å². The number of carbonyl (C=O) groups is 2. The molecule has 0 spiro atoms. The quantitative estimate of drug-likeness (QED) is 0.214. The maximum absolute atomic E-state index is 12.9. The Morgan fingerprint density at radius 1 is 1.31 bits per heavy atom. The van der Waals surface area contributed by atoms with E-state index in [9.17, 15) is 20.0 Å². The molecule has 32 heavy (non-hydrogen) atoms. The number of esters is 1. The molecule has 0 atom stereocenters. The zero-order valence-electron chi connectivity index (χ0n) is 17.4. The Morgan fingerprint density at radius 3 is 2.66 bits per heavy atom. The minimum absolute atomic E-state index is 0.00236. The van der Waals surface area contributed by atoms with Crippen LogP contribution in [0.4, 0.5) is 0 Å². The molecule has 0 fully saturated rings. The summed E-state index contributed by atoms with van der Waals surface area (Å²) in [6.45, 7) is 3.46. The number of thioether (sulfide) groups is 1. The second-order valence-corrected chi connectivity index (χ2v) is 7.32. The van der Waals surface area contributed by atoms with Gasteiger partial charge in [0.15, 0.2) is 5.95 Å². The molecule has 0 radical (unpaired) electrons. The Hall–Kier alpha value is -3.91. The van der Waals surface area contributed by atoms with Crippen molar-refractivity contribution in [2.24, 2.45) is 0 Å². The van der Waals surface area contributed by atoms with Crippen LogP contribution in [0.5, 0.6) is 11.7 Å². The summed E-state index contributed by atoms with van der Waals surface area (Å²) >= 11 is 0.928. The summed E-state index contributed by atoms with van der Waals surface area (Å²) in [4.78, 5) is 29.3. The average molecular weight is 454 g/mol. The SMILES string of the molecule is CCOC(=O)c1cc(C)nc(SCC(=O)c2c([O-])on[n+]2-c2ccc(OC)cc2)c1C#N. The molecule has 11 heteroatoms. The summed E-state index contributed by atoms with van der Waals surface area (Å²) in [7, 11) is 1.52. The molecule has 164 valence electrons. The van der Waals surface area contributed by atoms with Gasteiger partial charge >= 0.3 is 11.7 Å². The molecular formula is C21H18N4O6S. The van der Waals surface area contributed by atoms with Crippen molar-refractivity contribution in [1.29, 1.82) is 5.26 Å². The van der Waals surface area contributed by atoms with Crippen LogP contribution in [0.15, 0.2) is 39.9 Å². The molecule has 1 aromatic carbocycles. The van der Waals surface area contributed by atoms with Crippen molar-refractivity contribution in [3.05, 3.63) is 52.8 Å². The third-order valence-corrected chi connectivity index (χ3v) is 5.23. The van der Waals surface area contributed by atoms with E-state index in [1.807, 2.05) is 6.07 Å². The number of aryl methyl sites for hydroxylation is 1. The van der Waals surface area contributed by atoms with Crippen molar-refractivity contribution in [2.45, 2.75) is 18.9 Å². The lowest BCUT2D eigenvalue weighted by molar-refractivity contribution is -0.672. The first-order chi connectivity index (χ1) is 15.4. The molecule has 0 N–H and O–H groups in total. The minimum Gasteiger partial charge on any atom is -0.539 e. The number of rotatable bonds is 8. The number of aromatic nitrogens is 3. The highest BCUT2D eigenvalue weighted by molar-refractivity contribution is 8.00. The maximum atomic E-state index is 12.9. The smallest absolute Gasteiger partial charge is 0.339 e. The normalized spacial score (nSPS) is 10.4. The van der Waals surface area contributed by atoms with Crippen LogP contribution in [0, 0.1) is 18.3 Å². The summed E-state index contributed by atoms with van der Waals surface area (Å²) in [5, 5.41) is 25.5. The summed E-state index contributed by atoms with van der Waals surface area (Å²) in [5.74, 6) is -1.77. The Bertz CT molecular complexity index is 1200. The topological polar surface area (TPSA) is 142 Å². The fraction of sp³-hybridized carbons (Fsp3) is 0.238. The van der Waals surface area contributed by atoms with Crippen LogP contribution in [-0.2, 0) is 4.74 Å². The van der Waals surface area contributed by atoms with E-state index in [0.29, 0.717) is 17.1 Å². The highest BCUT2D eigenvalue weighted by Gasteiger charge is 2.28. The van der Waals surface area contributed by atoms with Crippen LogP contribution in [-0.4, -0.2) is 41.5 Å². The molecule has 2 aromatic heterocycles. The number of Topliss-reactive ketones (excluding diaryl/α,β-unsaturated/α-hetero) is 1. The van der Waals surface area contributed by atoms with Gasteiger partial charge in [0.25, 0.3) is 0 Å². The molecule has 0 saturated heterocycles. The number of methoxy groups -OCH3 is 1. The van der Waals surface area contributed by atoms with Gasteiger partial charge in [0, 0.05) is 17.8 Å². The summed E-state index contributed by atoms with van der Waals surface area (Å²) < 4.78 is 15.9. The van der Waals surface area contributed by atoms with E-state index in [0.717, 1.165) is 16.4 Å². The van der Waals surface area contributed by atoms with Gasteiger partial charge in [0.05, 0.1) is 35.9 Å². The standard InChI is InChI=1S/C21H18N4O6S/c1-4-30-20(27)15-9-12(2)23-19(16(15)10-22)32-11-17(26)18-21(28)31-24-25(18)13-5-7-14(29-3)8-6-13/h5-9H,4,11H2,1-3H3. The molecule has 3 rings (SSSR count). The molecular weight excluding hydrogens is 436 g/mol. The molecule has 0 saturated carbocycles. The number of nitrogens with zero attached hydrogens (tertiary/aromatic N) is 4. The van der Waals surface area contributed by atoms with E-state index in [-0.39, 0.29) is 34.2 Å². The molecule has 0 aliphatic carbocycles. The number of ether oxygens (including phenoxy) is 2. The molecule has 0 bridgehead atoms. The predicted molar refractivity (Wildman–Crippen MR) is 109 cm³/mol. The van der Waals surface area contributed by atoms with Gasteiger partial charge < -0.3 is 19.1 Å². The Morgan fingerprint density at radius 2 is 2.03 bits per heavy atom. The van der Waals surface area contributed by atoms with Crippen LogP contribution < -0.4 is 14.5 Å². The first-order valence-electron chi connectivity index (χ1n) is 9.37. The van der Waals surface area contributed by atoms with E-state index in [1.165, 1.54) is 13.2 Å². The number of pyridine rings is 1. The van der Waals surface area contributed by atoms with Crippen LogP contribution in [0.2, 0.25) is 0 Å². The van der Waals surface area contributed by atoms with Gasteiger partial charge in [-0.05, 0) is 36.7 Å². The van der Waals surface area contributed by atoms with Crippen LogP contribution >= 0.6 is 11.8 Å². The Balaban J connectivity index is 1.88. The lowest BCUT2D eigenvalue weighted by Gasteiger charge is -2.09. The highest BCUT2D eigenvalue weighted by atomic mass is 32.2. The zero-order chi connectivity index (χ0) is 23.3. The molecule has 0 unspecified atom stereocenters. The number of carbonyl (C=O) groups excluding carboxylic acids is 2. The van der Waals surface area contributed by atoms with Gasteiger partial charge in [-0.15, -0.1) is 0 Å². The molecule has 0 aliphatic rings. The number of hydrogen-bond donors (Lipinski definition) is 0. The highest BCUT2D eigenvalue weighted by Crippen LogP contribution is 2.26. The minimum atomic E-state index is -0.892. The average Bonchev–Trinajstić information content (AvgIpc) is 3.18. The fourth-order valence-electron chi connectivity index (χ4n) is 2.81. The van der Waals surface area contributed by atoms with Gasteiger partial charge in [-0.2, -0.15) is 5.26 Å². The van der Waals surface area contributed by atoms with Crippen molar-refractivity contribution in [1.82, 2.24) is 10.3 Å². The molecule has 0 aliphatic heterocycles. The summed E-state index contributed by atoms with van der Waals surface area (Å²) in [6.07, 6.45) is 0. The lowest BCUT2D eigenvalue weighted by atomic mass is 10.1. The van der Waals surface area contributed by atoms with E-state index in [1.54, 1.807) is 38.1 Å². The van der Waals surface area contributed by atoms with E-state index in [2.05, 4.69) is 14.8 Å². The second kappa shape index (κ2) is 9.93. The van der Waals surface area contributed by atoms with Crippen LogP contribution in [0.1, 0.15) is 39.0 Å². The first-order valence-corrected chi connectivity index (χ1v) is 10.4. The number of hydrogen-bond acceptors (Lipinski definition) is 10. The molecule has 0 amide bonds. The molecule has 3 aromatic rings. The zero-order valence-corrected chi connectivity index (χ0v) is 18.3. The lowest BCUT2D eigenvalue weighted by Crippen LogP contribution is -2.39. The maximum Gasteiger partial charge on any atom is 0.339 e. The molecule has 10 nitrogen and oxygen atoms in total. The first kappa shape index (κ1) is 22.8. The van der Waals surface area contributed by atoms with E-state index >= 15 is 0 Å². The van der Waals surface area contributed by atoms with Gasteiger partial charge in [0.1, 0.15) is 16.8 Å². The summed E-state index contributed by atoms with van der Waals surface area (Å²) in [6, 6.07) is 9.93. The van der Waals surface area contributed by atoms with Crippen LogP contribution in [0.25, 0.3) is 5.69 Å². The van der Waals surface area contributed by atoms with E-state index in [4.69, 9.17) is 9.47 Å². The van der Waals surface area contributed by atoms with Crippen molar-refractivity contribution in [3.8, 4) is 23.5 Å². The fourth-order valence-corrected chi connectivity index (χ4v) is 3.72. The van der Waals surface area contributed by atoms with Crippen molar-refractivity contribution in [3.63, 3.8) is 0 Å². The third kappa shape index (κ3) is 4.70. The Kier molecular flexibility index (Phi) is 7.07. The van der Waals surface area contributed by atoms with Gasteiger partial charge in [-0.3, -0.25) is 4.79 Å². The van der Waals surface area contributed by atoms with Crippen molar-refractivity contribution >= 4 is 23.5 Å². The third-order valence-electron chi connectivity index (χ3n) is 4.25. The van der Waals surface area contributed by atoms with Crippen LogP contribution in [0.3, 0.4) is 0 Å². The van der Waals surface area contributed by atoms with Gasteiger partial charge in [-0.1, -0.05) is 11.8 Å². The van der Waals surface area contributed by atoms with Crippen molar-refractivity contribution in [2.75, 3.05) is 19.5 Å². The monoisotopic (exact) mass is 454 g/mol. The van der Waals surface area contributed by atoms with Gasteiger partial charge in [-0.25, -0.2) is 9.78 Å².